The van der Waals surface area contributed by atoms with E-state index in [-0.39, 0.29) is 0 Å². The van der Waals surface area contributed by atoms with Gasteiger partial charge in [-0.15, -0.1) is 21.5 Å². The summed E-state index contributed by atoms with van der Waals surface area (Å²) >= 11 is 3.50. The van der Waals surface area contributed by atoms with Crippen molar-refractivity contribution in [3.63, 3.8) is 0 Å². The maximum atomic E-state index is 4.09. The molecule has 0 unspecified atom stereocenters. The second-order valence-electron chi connectivity index (χ2n) is 2.38. The number of likely N-dealkylation sites (N-methyl/N-ethyl adjacent to an activating group) is 1. The van der Waals surface area contributed by atoms with Gasteiger partial charge in [0.15, 0.2) is 0 Å². The van der Waals surface area contributed by atoms with Gasteiger partial charge >= 0.3 is 0 Å². The fraction of sp³-hybridized carbons (Fsp3) is 0.714. The lowest BCUT2D eigenvalue weighted by Crippen LogP contribution is -2.09. The van der Waals surface area contributed by atoms with Crippen LogP contribution in [0.2, 0.25) is 0 Å². The van der Waals surface area contributed by atoms with E-state index in [4.69, 9.17) is 0 Å². The van der Waals surface area contributed by atoms with Crippen LogP contribution in [0, 0.1) is 0 Å². The van der Waals surface area contributed by atoms with Crippen molar-refractivity contribution in [2.45, 2.75) is 12.2 Å². The lowest BCUT2D eigenvalue weighted by molar-refractivity contribution is 0.778. The van der Waals surface area contributed by atoms with Crippen LogP contribution in [0.3, 0.4) is 0 Å². The molecule has 0 amide bonds. The molecular formula is C7H13N3S2. The average molecular weight is 203 g/mol. The zero-order valence-corrected chi connectivity index (χ0v) is 8.97. The van der Waals surface area contributed by atoms with Crippen LogP contribution in [0.4, 0.5) is 0 Å². The Labute approximate surface area is 81.0 Å². The predicted octanol–water partition coefficient (Wildman–Crippen LogP) is 1.16. The molecule has 12 heavy (non-hydrogen) atoms. The average Bonchev–Trinajstić information content (AvgIpc) is 2.50. The van der Waals surface area contributed by atoms with E-state index >= 15 is 0 Å². The zero-order valence-electron chi connectivity index (χ0n) is 7.33. The molecule has 0 atom stereocenters. The number of aromatic nitrogens is 2. The van der Waals surface area contributed by atoms with Gasteiger partial charge in [0.1, 0.15) is 10.0 Å². The Balaban J connectivity index is 2.41. The van der Waals surface area contributed by atoms with Gasteiger partial charge in [0.25, 0.3) is 0 Å². The largest absolute Gasteiger partial charge is 0.319 e. The Morgan fingerprint density at radius 2 is 2.17 bits per heavy atom. The molecule has 0 bridgehead atoms. The van der Waals surface area contributed by atoms with Crippen LogP contribution in [-0.4, -0.2) is 30.0 Å². The third-order valence-electron chi connectivity index (χ3n) is 1.37. The molecule has 0 aliphatic heterocycles. The van der Waals surface area contributed by atoms with E-state index in [1.807, 2.05) is 7.05 Å². The second kappa shape index (κ2) is 5.50. The van der Waals surface area contributed by atoms with E-state index in [1.165, 1.54) is 0 Å². The van der Waals surface area contributed by atoms with Crippen LogP contribution >= 0.6 is 23.1 Å². The van der Waals surface area contributed by atoms with E-state index < -0.39 is 0 Å². The van der Waals surface area contributed by atoms with Gasteiger partial charge in [-0.1, -0.05) is 0 Å². The highest BCUT2D eigenvalue weighted by molar-refractivity contribution is 7.97. The Kier molecular flexibility index (Phi) is 4.57. The van der Waals surface area contributed by atoms with Crippen LogP contribution in [-0.2, 0) is 12.2 Å². The molecule has 0 aromatic carbocycles. The van der Waals surface area contributed by atoms with E-state index in [9.17, 15) is 0 Å². The van der Waals surface area contributed by atoms with Crippen molar-refractivity contribution >= 4 is 23.1 Å². The summed E-state index contributed by atoms with van der Waals surface area (Å²) in [6.07, 6.45) is 3.07. The van der Waals surface area contributed by atoms with E-state index in [0.717, 1.165) is 28.7 Å². The maximum Gasteiger partial charge on any atom is 0.127 e. The summed E-state index contributed by atoms with van der Waals surface area (Å²) in [5, 5.41) is 13.5. The summed E-state index contributed by atoms with van der Waals surface area (Å²) in [6, 6.07) is 0. The highest BCUT2D eigenvalue weighted by atomic mass is 32.2. The minimum absolute atomic E-state index is 0.980. The number of nitrogens with one attached hydrogen (secondary N) is 1. The zero-order chi connectivity index (χ0) is 8.81. The Morgan fingerprint density at radius 1 is 1.42 bits per heavy atom. The Morgan fingerprint density at radius 3 is 2.83 bits per heavy atom. The number of thioether (sulfide) groups is 1. The smallest absolute Gasteiger partial charge is 0.127 e. The molecule has 0 saturated heterocycles. The first-order valence-corrected chi connectivity index (χ1v) is 6.02. The number of rotatable bonds is 5. The fourth-order valence-electron chi connectivity index (χ4n) is 0.803. The number of hydrogen-bond acceptors (Lipinski definition) is 5. The minimum Gasteiger partial charge on any atom is -0.319 e. The molecule has 5 heteroatoms. The predicted molar refractivity (Wildman–Crippen MR) is 54.8 cm³/mol. The molecule has 1 aromatic heterocycles. The molecule has 68 valence electrons. The Bertz CT molecular complexity index is 224. The number of nitrogens with zero attached hydrogens (tertiary/aromatic N) is 2. The van der Waals surface area contributed by atoms with Crippen molar-refractivity contribution in [3.05, 3.63) is 10.0 Å². The van der Waals surface area contributed by atoms with E-state index in [0.29, 0.717) is 0 Å². The van der Waals surface area contributed by atoms with Crippen molar-refractivity contribution < 1.29 is 0 Å². The fourth-order valence-corrected chi connectivity index (χ4v) is 2.34. The molecule has 0 spiro atoms. The lowest BCUT2D eigenvalue weighted by Gasteiger charge is -1.91. The van der Waals surface area contributed by atoms with Crippen molar-refractivity contribution in [3.8, 4) is 0 Å². The summed E-state index contributed by atoms with van der Waals surface area (Å²) in [4.78, 5) is 0. The van der Waals surface area contributed by atoms with E-state index in [1.54, 1.807) is 23.1 Å². The van der Waals surface area contributed by atoms with Crippen LogP contribution in [0.15, 0.2) is 0 Å². The number of hydrogen-bond donors (Lipinski definition) is 1. The molecule has 1 rings (SSSR count). The van der Waals surface area contributed by atoms with Gasteiger partial charge in [0.05, 0.1) is 0 Å². The highest BCUT2D eigenvalue weighted by Crippen LogP contribution is 2.14. The van der Waals surface area contributed by atoms with Crippen LogP contribution in [0.5, 0.6) is 0 Å². The van der Waals surface area contributed by atoms with Gasteiger partial charge in [-0.25, -0.2) is 0 Å². The summed E-state index contributed by atoms with van der Waals surface area (Å²) in [7, 11) is 1.95. The van der Waals surface area contributed by atoms with Crippen molar-refractivity contribution in [1.29, 1.82) is 0 Å². The maximum absolute atomic E-state index is 4.09. The van der Waals surface area contributed by atoms with Crippen molar-refractivity contribution in [2.75, 3.05) is 19.8 Å². The third-order valence-corrected chi connectivity index (χ3v) is 3.09. The summed E-state index contributed by atoms with van der Waals surface area (Å²) < 4.78 is 0. The molecule has 3 nitrogen and oxygen atoms in total. The van der Waals surface area contributed by atoms with Gasteiger partial charge < -0.3 is 5.32 Å². The molecule has 0 aliphatic carbocycles. The van der Waals surface area contributed by atoms with Crippen molar-refractivity contribution in [1.82, 2.24) is 15.5 Å². The monoisotopic (exact) mass is 203 g/mol. The molecule has 1 heterocycles. The standard InChI is InChI=1S/C7H13N3S2/c1-8-4-3-6-9-10-7(12-6)5-11-2/h8H,3-5H2,1-2H3. The molecule has 0 fully saturated rings. The molecular weight excluding hydrogens is 190 g/mol. The first kappa shape index (κ1) is 9.95. The van der Waals surface area contributed by atoms with Gasteiger partial charge in [-0.05, 0) is 13.3 Å². The first-order valence-electron chi connectivity index (χ1n) is 3.81. The van der Waals surface area contributed by atoms with Gasteiger partial charge in [0, 0.05) is 18.7 Å². The highest BCUT2D eigenvalue weighted by Gasteiger charge is 2.01. The summed E-state index contributed by atoms with van der Waals surface area (Å²) in [5.41, 5.74) is 0. The van der Waals surface area contributed by atoms with Gasteiger partial charge in [0.2, 0.25) is 0 Å². The molecule has 1 N–H and O–H groups in total. The van der Waals surface area contributed by atoms with E-state index in [2.05, 4.69) is 21.8 Å². The minimum atomic E-state index is 0.980. The quantitative estimate of drug-likeness (QED) is 0.779. The second-order valence-corrected chi connectivity index (χ2v) is 4.39. The van der Waals surface area contributed by atoms with Crippen molar-refractivity contribution in [2.24, 2.45) is 0 Å². The third kappa shape index (κ3) is 3.08. The molecule has 0 saturated carbocycles. The van der Waals surface area contributed by atoms with Gasteiger partial charge in [-0.2, -0.15) is 11.8 Å². The van der Waals surface area contributed by atoms with Gasteiger partial charge in [-0.3, -0.25) is 0 Å². The summed E-state index contributed by atoms with van der Waals surface area (Å²) in [5.74, 6) is 0.983. The van der Waals surface area contributed by atoms with Crippen LogP contribution in [0.1, 0.15) is 10.0 Å². The van der Waals surface area contributed by atoms with Crippen LogP contribution in [0.25, 0.3) is 0 Å². The van der Waals surface area contributed by atoms with Crippen LogP contribution < -0.4 is 5.32 Å². The SMILES string of the molecule is CNCCc1nnc(CSC)s1. The molecule has 1 aromatic rings. The molecule has 0 aliphatic rings. The lowest BCUT2D eigenvalue weighted by atomic mass is 10.4. The summed E-state index contributed by atoms with van der Waals surface area (Å²) in [6.45, 7) is 0.980. The Hall–Kier alpha value is -0.130. The normalized spacial score (nSPS) is 10.5. The topological polar surface area (TPSA) is 37.8 Å². The molecule has 0 radical (unpaired) electrons. The first-order chi connectivity index (χ1) is 5.86.